The summed E-state index contributed by atoms with van der Waals surface area (Å²) in [6, 6.07) is 2.83. The number of hydrogen-bond donors (Lipinski definition) is 2. The lowest BCUT2D eigenvalue weighted by Crippen LogP contribution is -2.26. The van der Waals surface area contributed by atoms with Crippen molar-refractivity contribution in [3.8, 4) is 0 Å². The molecule has 0 bridgehead atoms. The number of pyridine rings is 1. The van der Waals surface area contributed by atoms with Gasteiger partial charge in [0.05, 0.1) is 11.7 Å². The summed E-state index contributed by atoms with van der Waals surface area (Å²) in [6.07, 6.45) is 2.39. The molecule has 0 spiro atoms. The minimum absolute atomic E-state index is 0.189. The third-order valence-electron chi connectivity index (χ3n) is 2.10. The van der Waals surface area contributed by atoms with Crippen molar-refractivity contribution in [3.05, 3.63) is 34.2 Å². The van der Waals surface area contributed by atoms with Gasteiger partial charge in [0.25, 0.3) is 5.91 Å². The molecule has 0 saturated heterocycles. The standard InChI is InChI=1S/C12H18N2O3/c1-9(2)17-7-3-6-13-12(16)10-4-5-11(15)14-8-10/h4-5,8-9H,3,6-7H2,1-2H3,(H,13,16)(H,14,15). The van der Waals surface area contributed by atoms with Crippen molar-refractivity contribution < 1.29 is 9.53 Å². The molecule has 17 heavy (non-hydrogen) atoms. The molecule has 0 saturated carbocycles. The van der Waals surface area contributed by atoms with Crippen LogP contribution in [0.1, 0.15) is 30.6 Å². The molecule has 0 unspecified atom stereocenters. The predicted octanol–water partition coefficient (Wildman–Crippen LogP) is 0.920. The lowest BCUT2D eigenvalue weighted by atomic mass is 10.2. The normalized spacial score (nSPS) is 10.5. The van der Waals surface area contributed by atoms with E-state index in [-0.39, 0.29) is 17.6 Å². The van der Waals surface area contributed by atoms with Crippen LogP contribution in [-0.4, -0.2) is 30.1 Å². The van der Waals surface area contributed by atoms with Crippen LogP contribution in [0.15, 0.2) is 23.1 Å². The van der Waals surface area contributed by atoms with Gasteiger partial charge in [-0.25, -0.2) is 0 Å². The van der Waals surface area contributed by atoms with E-state index in [4.69, 9.17) is 4.74 Å². The van der Waals surface area contributed by atoms with Crippen LogP contribution in [0.2, 0.25) is 0 Å². The van der Waals surface area contributed by atoms with Gasteiger partial charge in [-0.15, -0.1) is 0 Å². The molecule has 1 aromatic rings. The first-order valence-corrected chi connectivity index (χ1v) is 5.68. The van der Waals surface area contributed by atoms with Crippen LogP contribution in [0.4, 0.5) is 0 Å². The van der Waals surface area contributed by atoms with E-state index < -0.39 is 0 Å². The molecule has 5 nitrogen and oxygen atoms in total. The van der Waals surface area contributed by atoms with E-state index in [0.717, 1.165) is 6.42 Å². The van der Waals surface area contributed by atoms with Gasteiger partial charge in [0.1, 0.15) is 0 Å². The number of nitrogens with one attached hydrogen (secondary N) is 2. The maximum Gasteiger partial charge on any atom is 0.252 e. The van der Waals surface area contributed by atoms with E-state index in [1.165, 1.54) is 18.3 Å². The lowest BCUT2D eigenvalue weighted by Gasteiger charge is -2.08. The highest BCUT2D eigenvalue weighted by atomic mass is 16.5. The molecule has 0 radical (unpaired) electrons. The second-order valence-corrected chi connectivity index (χ2v) is 3.97. The fourth-order valence-corrected chi connectivity index (χ4v) is 1.25. The molecule has 5 heteroatoms. The monoisotopic (exact) mass is 238 g/mol. The van der Waals surface area contributed by atoms with E-state index in [0.29, 0.717) is 18.7 Å². The Hall–Kier alpha value is -1.62. The molecule has 0 aliphatic rings. The van der Waals surface area contributed by atoms with Crippen LogP contribution in [0, 0.1) is 0 Å². The molecule has 0 aromatic carbocycles. The van der Waals surface area contributed by atoms with Gasteiger partial charge < -0.3 is 15.0 Å². The first-order valence-electron chi connectivity index (χ1n) is 5.68. The van der Waals surface area contributed by atoms with Gasteiger partial charge in [-0.2, -0.15) is 0 Å². The Balaban J connectivity index is 2.26. The number of aromatic amines is 1. The molecule has 0 atom stereocenters. The van der Waals surface area contributed by atoms with Crippen molar-refractivity contribution >= 4 is 5.91 Å². The van der Waals surface area contributed by atoms with Crippen LogP contribution in [0.25, 0.3) is 0 Å². The van der Waals surface area contributed by atoms with E-state index in [1.54, 1.807) is 0 Å². The number of rotatable bonds is 6. The van der Waals surface area contributed by atoms with Gasteiger partial charge in [-0.1, -0.05) is 0 Å². The molecule has 0 fully saturated rings. The Morgan fingerprint density at radius 3 is 2.82 bits per heavy atom. The number of hydrogen-bond acceptors (Lipinski definition) is 3. The van der Waals surface area contributed by atoms with Crippen LogP contribution >= 0.6 is 0 Å². The van der Waals surface area contributed by atoms with Gasteiger partial charge in [0.15, 0.2) is 0 Å². The summed E-state index contributed by atoms with van der Waals surface area (Å²) in [6.45, 7) is 5.13. The van der Waals surface area contributed by atoms with Gasteiger partial charge in [-0.3, -0.25) is 9.59 Å². The van der Waals surface area contributed by atoms with Gasteiger partial charge in [0, 0.05) is 25.4 Å². The number of carbonyl (C=O) groups excluding carboxylic acids is 1. The molecule has 1 heterocycles. The highest BCUT2D eigenvalue weighted by molar-refractivity contribution is 5.93. The second kappa shape index (κ2) is 6.85. The zero-order valence-corrected chi connectivity index (χ0v) is 10.2. The smallest absolute Gasteiger partial charge is 0.252 e. The van der Waals surface area contributed by atoms with E-state index >= 15 is 0 Å². The molecule has 1 amide bonds. The molecule has 1 aromatic heterocycles. The van der Waals surface area contributed by atoms with E-state index in [2.05, 4.69) is 10.3 Å². The largest absolute Gasteiger partial charge is 0.379 e. The first-order chi connectivity index (χ1) is 8.09. The quantitative estimate of drug-likeness (QED) is 0.724. The number of carbonyl (C=O) groups is 1. The highest BCUT2D eigenvalue weighted by Gasteiger charge is 2.03. The number of ether oxygens (including phenoxy) is 1. The average molecular weight is 238 g/mol. The zero-order chi connectivity index (χ0) is 12.7. The van der Waals surface area contributed by atoms with Crippen molar-refractivity contribution in [1.29, 1.82) is 0 Å². The third kappa shape index (κ3) is 5.31. The molecular weight excluding hydrogens is 220 g/mol. The van der Waals surface area contributed by atoms with Crippen LogP contribution in [0.3, 0.4) is 0 Å². The van der Waals surface area contributed by atoms with Crippen molar-refractivity contribution in [1.82, 2.24) is 10.3 Å². The maximum absolute atomic E-state index is 11.6. The van der Waals surface area contributed by atoms with Crippen molar-refractivity contribution in [2.45, 2.75) is 26.4 Å². The molecular formula is C12H18N2O3. The SMILES string of the molecule is CC(C)OCCCNC(=O)c1ccc(=O)[nH]c1. The maximum atomic E-state index is 11.6. The minimum Gasteiger partial charge on any atom is -0.379 e. The summed E-state index contributed by atoms with van der Waals surface area (Å²) in [4.78, 5) is 24.8. The Kier molecular flexibility index (Phi) is 5.42. The third-order valence-corrected chi connectivity index (χ3v) is 2.10. The Bertz CT molecular complexity index is 392. The summed E-state index contributed by atoms with van der Waals surface area (Å²) in [7, 11) is 0. The molecule has 2 N–H and O–H groups in total. The number of amides is 1. The lowest BCUT2D eigenvalue weighted by molar-refractivity contribution is 0.0757. The number of H-pyrrole nitrogens is 1. The topological polar surface area (TPSA) is 71.2 Å². The molecule has 1 rings (SSSR count). The fourth-order valence-electron chi connectivity index (χ4n) is 1.25. The van der Waals surface area contributed by atoms with Crippen molar-refractivity contribution in [2.24, 2.45) is 0 Å². The predicted molar refractivity (Wildman–Crippen MR) is 65.1 cm³/mol. The summed E-state index contributed by atoms with van der Waals surface area (Å²) < 4.78 is 5.35. The fraction of sp³-hybridized carbons (Fsp3) is 0.500. The second-order valence-electron chi connectivity index (χ2n) is 3.97. The van der Waals surface area contributed by atoms with Crippen LogP contribution in [-0.2, 0) is 4.74 Å². The average Bonchev–Trinajstić information content (AvgIpc) is 2.29. The number of aromatic nitrogens is 1. The summed E-state index contributed by atoms with van der Waals surface area (Å²) in [5.74, 6) is -0.189. The van der Waals surface area contributed by atoms with E-state index in [9.17, 15) is 9.59 Å². The van der Waals surface area contributed by atoms with E-state index in [1.807, 2.05) is 13.8 Å². The van der Waals surface area contributed by atoms with Crippen LogP contribution in [0.5, 0.6) is 0 Å². The van der Waals surface area contributed by atoms with Crippen molar-refractivity contribution in [3.63, 3.8) is 0 Å². The Morgan fingerprint density at radius 2 is 2.24 bits per heavy atom. The minimum atomic E-state index is -0.216. The van der Waals surface area contributed by atoms with Crippen LogP contribution < -0.4 is 10.9 Å². The molecule has 0 aliphatic carbocycles. The summed E-state index contributed by atoms with van der Waals surface area (Å²) in [5.41, 5.74) is 0.237. The zero-order valence-electron chi connectivity index (χ0n) is 10.2. The first kappa shape index (κ1) is 13.4. The Labute approximate surface area is 100 Å². The molecule has 0 aliphatic heterocycles. The highest BCUT2D eigenvalue weighted by Crippen LogP contribution is 1.93. The van der Waals surface area contributed by atoms with Gasteiger partial charge >= 0.3 is 0 Å². The summed E-state index contributed by atoms with van der Waals surface area (Å²) >= 11 is 0. The molecule has 94 valence electrons. The van der Waals surface area contributed by atoms with Crippen molar-refractivity contribution in [2.75, 3.05) is 13.2 Å². The van der Waals surface area contributed by atoms with Gasteiger partial charge in [0.2, 0.25) is 5.56 Å². The summed E-state index contributed by atoms with van der Waals surface area (Å²) in [5, 5.41) is 2.75. The Morgan fingerprint density at radius 1 is 1.47 bits per heavy atom. The van der Waals surface area contributed by atoms with Gasteiger partial charge in [-0.05, 0) is 26.3 Å².